The average Bonchev–Trinajstić information content (AvgIpc) is 2.76. The molecule has 0 aromatic heterocycles. The molecular formula is C12H16Cl3FN2O2S. The molecule has 21 heavy (non-hydrogen) atoms. The van der Waals surface area contributed by atoms with Gasteiger partial charge in [-0.3, -0.25) is 0 Å². The zero-order chi connectivity index (χ0) is 15.1. The minimum absolute atomic E-state index is 0. The Morgan fingerprint density at radius 2 is 1.90 bits per heavy atom. The second-order valence-corrected chi connectivity index (χ2v) is 7.66. The normalized spacial score (nSPS) is 21.1. The van der Waals surface area contributed by atoms with Crippen LogP contribution in [0.5, 0.6) is 0 Å². The lowest BCUT2D eigenvalue weighted by Gasteiger charge is -2.19. The van der Waals surface area contributed by atoms with Gasteiger partial charge in [0.1, 0.15) is 10.7 Å². The molecule has 0 aliphatic carbocycles. The van der Waals surface area contributed by atoms with Crippen LogP contribution < -0.4 is 5.73 Å². The molecule has 2 atom stereocenters. The van der Waals surface area contributed by atoms with E-state index in [0.717, 1.165) is 12.1 Å². The Balaban J connectivity index is 0.00000220. The molecule has 2 unspecified atom stereocenters. The van der Waals surface area contributed by atoms with E-state index in [1.807, 2.05) is 6.92 Å². The van der Waals surface area contributed by atoms with Gasteiger partial charge in [-0.05, 0) is 31.4 Å². The highest BCUT2D eigenvalue weighted by Crippen LogP contribution is 2.35. The first kappa shape index (κ1) is 18.9. The van der Waals surface area contributed by atoms with Gasteiger partial charge in [-0.25, -0.2) is 12.8 Å². The molecule has 4 nitrogen and oxygen atoms in total. The van der Waals surface area contributed by atoms with Gasteiger partial charge < -0.3 is 5.73 Å². The van der Waals surface area contributed by atoms with Crippen LogP contribution in [0.2, 0.25) is 10.0 Å². The van der Waals surface area contributed by atoms with Crippen molar-refractivity contribution in [1.29, 1.82) is 0 Å². The maximum absolute atomic E-state index is 13.1. The van der Waals surface area contributed by atoms with E-state index in [-0.39, 0.29) is 39.3 Å². The molecule has 0 spiro atoms. The van der Waals surface area contributed by atoms with Crippen LogP contribution in [0.4, 0.5) is 4.39 Å². The van der Waals surface area contributed by atoms with Crippen LogP contribution in [0, 0.1) is 11.7 Å². The number of nitrogens with two attached hydrogens (primary N) is 1. The highest BCUT2D eigenvalue weighted by molar-refractivity contribution is 7.89. The fourth-order valence-electron chi connectivity index (χ4n) is 2.31. The number of hydrogen-bond donors (Lipinski definition) is 1. The largest absolute Gasteiger partial charge is 0.328 e. The van der Waals surface area contributed by atoms with Crippen molar-refractivity contribution in [1.82, 2.24) is 4.31 Å². The molecule has 0 bridgehead atoms. The molecule has 2 rings (SSSR count). The maximum Gasteiger partial charge on any atom is 0.246 e. The summed E-state index contributed by atoms with van der Waals surface area (Å²) in [5.74, 6) is -0.573. The third-order valence-corrected chi connectivity index (χ3v) is 6.28. The van der Waals surface area contributed by atoms with Crippen LogP contribution in [0.15, 0.2) is 17.0 Å². The van der Waals surface area contributed by atoms with E-state index in [1.165, 1.54) is 4.31 Å². The Bertz CT molecular complexity index is 602. The fourth-order valence-corrected chi connectivity index (χ4v) is 4.95. The molecule has 0 radical (unpaired) electrons. The van der Waals surface area contributed by atoms with Gasteiger partial charge in [0.25, 0.3) is 0 Å². The molecule has 1 fully saturated rings. The summed E-state index contributed by atoms with van der Waals surface area (Å²) >= 11 is 11.7. The second-order valence-electron chi connectivity index (χ2n) is 4.97. The Morgan fingerprint density at radius 3 is 2.33 bits per heavy atom. The Morgan fingerprint density at radius 1 is 1.38 bits per heavy atom. The molecule has 1 heterocycles. The summed E-state index contributed by atoms with van der Waals surface area (Å²) in [6.07, 6.45) is 0.688. The summed E-state index contributed by atoms with van der Waals surface area (Å²) < 4.78 is 39.5. The standard InChI is InChI=1S/C12H15Cl2FN2O2S.ClH/c1-7(16)8-2-3-17(6-8)20(18,19)12-10(13)4-9(15)5-11(12)14;/h4-5,7-8H,2-3,6,16H2,1H3;1H. The molecule has 9 heteroatoms. The monoisotopic (exact) mass is 376 g/mol. The van der Waals surface area contributed by atoms with Gasteiger partial charge in [0.05, 0.1) is 10.0 Å². The molecular weight excluding hydrogens is 362 g/mol. The van der Waals surface area contributed by atoms with Crippen molar-refractivity contribution in [2.45, 2.75) is 24.3 Å². The van der Waals surface area contributed by atoms with Crippen molar-refractivity contribution in [3.63, 3.8) is 0 Å². The van der Waals surface area contributed by atoms with Gasteiger partial charge in [0.15, 0.2) is 0 Å². The lowest BCUT2D eigenvalue weighted by molar-refractivity contribution is 0.429. The van der Waals surface area contributed by atoms with Gasteiger partial charge in [-0.15, -0.1) is 12.4 Å². The zero-order valence-corrected chi connectivity index (χ0v) is 14.4. The zero-order valence-electron chi connectivity index (χ0n) is 11.2. The van der Waals surface area contributed by atoms with E-state index < -0.39 is 15.8 Å². The predicted octanol–water partition coefficient (Wildman–Crippen LogP) is 2.91. The average molecular weight is 378 g/mol. The minimum atomic E-state index is -3.84. The van der Waals surface area contributed by atoms with Crippen LogP contribution >= 0.6 is 35.6 Å². The molecule has 0 amide bonds. The lowest BCUT2D eigenvalue weighted by atomic mass is 10.0. The van der Waals surface area contributed by atoms with Gasteiger partial charge >= 0.3 is 0 Å². The molecule has 1 aliphatic rings. The SMILES string of the molecule is CC(N)C1CCN(S(=O)(=O)c2c(Cl)cc(F)cc2Cl)C1.Cl. The summed E-state index contributed by atoms with van der Waals surface area (Å²) in [5.41, 5.74) is 5.80. The Kier molecular flexibility index (Phi) is 6.29. The van der Waals surface area contributed by atoms with Crippen molar-refractivity contribution >= 4 is 45.6 Å². The number of halogens is 4. The van der Waals surface area contributed by atoms with Crippen molar-refractivity contribution < 1.29 is 12.8 Å². The molecule has 1 aliphatic heterocycles. The smallest absolute Gasteiger partial charge is 0.246 e. The van der Waals surface area contributed by atoms with E-state index in [1.54, 1.807) is 0 Å². The number of nitrogens with zero attached hydrogens (tertiary/aromatic N) is 1. The summed E-state index contributed by atoms with van der Waals surface area (Å²) in [4.78, 5) is -0.243. The fraction of sp³-hybridized carbons (Fsp3) is 0.500. The van der Waals surface area contributed by atoms with Crippen molar-refractivity contribution in [3.8, 4) is 0 Å². The van der Waals surface area contributed by atoms with Gasteiger partial charge in [0, 0.05) is 19.1 Å². The van der Waals surface area contributed by atoms with Crippen molar-refractivity contribution in [2.24, 2.45) is 11.7 Å². The topological polar surface area (TPSA) is 63.4 Å². The predicted molar refractivity (Wildman–Crippen MR) is 84.2 cm³/mol. The summed E-state index contributed by atoms with van der Waals surface area (Å²) in [5, 5.41) is -0.418. The van der Waals surface area contributed by atoms with E-state index >= 15 is 0 Å². The summed E-state index contributed by atoms with van der Waals surface area (Å²) in [7, 11) is -3.84. The molecule has 1 aromatic carbocycles. The van der Waals surface area contributed by atoms with Crippen molar-refractivity contribution in [2.75, 3.05) is 13.1 Å². The van der Waals surface area contributed by atoms with E-state index in [9.17, 15) is 12.8 Å². The number of benzene rings is 1. The number of sulfonamides is 1. The number of rotatable bonds is 3. The van der Waals surface area contributed by atoms with Crippen LogP contribution in [-0.2, 0) is 10.0 Å². The first-order chi connectivity index (χ1) is 9.23. The van der Waals surface area contributed by atoms with E-state index in [2.05, 4.69) is 0 Å². The van der Waals surface area contributed by atoms with Crippen molar-refractivity contribution in [3.05, 3.63) is 28.0 Å². The third kappa shape index (κ3) is 3.81. The van der Waals surface area contributed by atoms with E-state index in [0.29, 0.717) is 19.5 Å². The molecule has 1 saturated heterocycles. The van der Waals surface area contributed by atoms with Crippen LogP contribution in [0.1, 0.15) is 13.3 Å². The molecule has 120 valence electrons. The summed E-state index contributed by atoms with van der Waals surface area (Å²) in [6, 6.07) is 1.80. The Hall–Kier alpha value is -0.110. The summed E-state index contributed by atoms with van der Waals surface area (Å²) in [6.45, 7) is 2.53. The maximum atomic E-state index is 13.1. The van der Waals surface area contributed by atoms with Gasteiger partial charge in [-0.2, -0.15) is 4.31 Å². The van der Waals surface area contributed by atoms with Crippen LogP contribution in [-0.4, -0.2) is 31.9 Å². The number of hydrogen-bond acceptors (Lipinski definition) is 3. The van der Waals surface area contributed by atoms with E-state index in [4.69, 9.17) is 28.9 Å². The highest BCUT2D eigenvalue weighted by Gasteiger charge is 2.36. The van der Waals surface area contributed by atoms with Crippen LogP contribution in [0.25, 0.3) is 0 Å². The quantitative estimate of drug-likeness (QED) is 0.881. The molecule has 2 N–H and O–H groups in total. The molecule has 1 aromatic rings. The minimum Gasteiger partial charge on any atom is -0.328 e. The highest BCUT2D eigenvalue weighted by atomic mass is 35.5. The lowest BCUT2D eigenvalue weighted by Crippen LogP contribution is -2.33. The first-order valence-electron chi connectivity index (χ1n) is 6.13. The van der Waals surface area contributed by atoms with Gasteiger partial charge in [0.2, 0.25) is 10.0 Å². The van der Waals surface area contributed by atoms with Gasteiger partial charge in [-0.1, -0.05) is 23.2 Å². The molecule has 0 saturated carbocycles. The second kappa shape index (κ2) is 6.98. The third-order valence-electron chi connectivity index (χ3n) is 3.49. The first-order valence-corrected chi connectivity index (χ1v) is 8.33. The van der Waals surface area contributed by atoms with Crippen LogP contribution in [0.3, 0.4) is 0 Å². The Labute approximate surface area is 139 Å².